The highest BCUT2D eigenvalue weighted by Gasteiger charge is 2.29. The van der Waals surface area contributed by atoms with E-state index >= 15 is 0 Å². The molecule has 0 N–H and O–H groups in total. The molecule has 2 aliphatic heterocycles. The Morgan fingerprint density at radius 3 is 1.86 bits per heavy atom. The minimum atomic E-state index is -0.670. The molecule has 0 aromatic rings. The summed E-state index contributed by atoms with van der Waals surface area (Å²) in [6, 6.07) is 6.62. The van der Waals surface area contributed by atoms with Gasteiger partial charge in [0, 0.05) is 24.2 Å². The van der Waals surface area contributed by atoms with Gasteiger partial charge in [0.15, 0.2) is 0 Å². The van der Waals surface area contributed by atoms with Crippen LogP contribution >= 0.6 is 0 Å². The van der Waals surface area contributed by atoms with Crippen molar-refractivity contribution in [3.8, 4) is 0 Å². The molecule has 2 fully saturated rings. The lowest BCUT2D eigenvalue weighted by atomic mass is 10.0. The van der Waals surface area contributed by atoms with Gasteiger partial charge in [-0.05, 0) is 31.7 Å². The van der Waals surface area contributed by atoms with E-state index in [4.69, 9.17) is 0 Å². The third kappa shape index (κ3) is 4.66. The first-order valence-corrected chi connectivity index (χ1v) is 13.7. The summed E-state index contributed by atoms with van der Waals surface area (Å²) in [4.78, 5) is 0. The largest absolute Gasteiger partial charge is 0.324 e. The molecule has 2 nitrogen and oxygen atoms in total. The zero-order chi connectivity index (χ0) is 15.4. The van der Waals surface area contributed by atoms with Crippen molar-refractivity contribution in [1.29, 1.82) is 0 Å². The van der Waals surface area contributed by atoms with Crippen LogP contribution in [-0.2, 0) is 0 Å². The van der Waals surface area contributed by atoms with Gasteiger partial charge in [0.2, 0.25) is 0 Å². The molecule has 5 atom stereocenters. The Hall–Kier alpha value is 0.354. The third-order valence-corrected chi connectivity index (χ3v) is 12.8. The van der Waals surface area contributed by atoms with Gasteiger partial charge in [0.25, 0.3) is 0 Å². The minimum absolute atomic E-state index is 0.000166. The molecule has 5 unspecified atom stereocenters. The van der Waals surface area contributed by atoms with Crippen LogP contribution in [0.1, 0.15) is 66.2 Å². The van der Waals surface area contributed by atoms with E-state index < -0.39 is 8.96 Å². The summed E-state index contributed by atoms with van der Waals surface area (Å²) in [5, 5.41) is 0. The van der Waals surface area contributed by atoms with Gasteiger partial charge in [-0.2, -0.15) is 0 Å². The van der Waals surface area contributed by atoms with Crippen LogP contribution in [0.25, 0.3) is 0 Å². The lowest BCUT2D eigenvalue weighted by Crippen LogP contribution is -2.51. The van der Waals surface area contributed by atoms with Crippen molar-refractivity contribution in [2.45, 2.75) is 109 Å². The number of rotatable bonds is 5. The van der Waals surface area contributed by atoms with Crippen molar-refractivity contribution in [2.75, 3.05) is 0 Å². The fraction of sp³-hybridized carbons (Fsp3) is 1.00. The molecule has 0 bridgehead atoms. The molecule has 0 radical (unpaired) electrons. The standard InChI is InChI=1S/C17H38N2Si2/c1-14-8-6-9-15(2)18(14)20-12-13-21(5)19-16(3)10-7-11-17(19)4/h14-17,21H,6-13,20H2,1-5H3. The zero-order valence-corrected chi connectivity index (χ0v) is 17.7. The average Bonchev–Trinajstić information content (AvgIpc) is 2.42. The van der Waals surface area contributed by atoms with Crippen LogP contribution < -0.4 is 0 Å². The molecular weight excluding hydrogens is 288 g/mol. The number of piperidine rings is 2. The van der Waals surface area contributed by atoms with Crippen molar-refractivity contribution in [2.24, 2.45) is 0 Å². The van der Waals surface area contributed by atoms with E-state index in [-0.39, 0.29) is 9.68 Å². The predicted molar refractivity (Wildman–Crippen MR) is 100 cm³/mol. The molecule has 0 aromatic heterocycles. The first-order valence-electron chi connectivity index (χ1n) is 9.54. The van der Waals surface area contributed by atoms with E-state index in [2.05, 4.69) is 43.4 Å². The highest BCUT2D eigenvalue weighted by atomic mass is 28.3. The van der Waals surface area contributed by atoms with E-state index in [1.54, 1.807) is 12.1 Å². The Morgan fingerprint density at radius 1 is 0.857 bits per heavy atom. The first kappa shape index (κ1) is 17.7. The van der Waals surface area contributed by atoms with Gasteiger partial charge >= 0.3 is 0 Å². The first-order chi connectivity index (χ1) is 10.0. The van der Waals surface area contributed by atoms with E-state index in [0.717, 1.165) is 24.2 Å². The van der Waals surface area contributed by atoms with Crippen LogP contribution in [0.2, 0.25) is 18.6 Å². The van der Waals surface area contributed by atoms with Crippen molar-refractivity contribution in [3.63, 3.8) is 0 Å². The highest BCUT2D eigenvalue weighted by molar-refractivity contribution is 6.56. The fourth-order valence-electron chi connectivity index (χ4n) is 4.94. The monoisotopic (exact) mass is 326 g/mol. The van der Waals surface area contributed by atoms with E-state index in [9.17, 15) is 0 Å². The van der Waals surface area contributed by atoms with Crippen molar-refractivity contribution in [3.05, 3.63) is 0 Å². The molecule has 0 spiro atoms. The van der Waals surface area contributed by atoms with Crippen LogP contribution in [0.15, 0.2) is 0 Å². The highest BCUT2D eigenvalue weighted by Crippen LogP contribution is 2.26. The Bertz CT molecular complexity index is 293. The van der Waals surface area contributed by atoms with Crippen LogP contribution in [0.4, 0.5) is 0 Å². The van der Waals surface area contributed by atoms with E-state index in [1.165, 1.54) is 38.5 Å². The molecule has 2 saturated heterocycles. The maximum atomic E-state index is 2.96. The molecule has 0 saturated carbocycles. The maximum Gasteiger partial charge on any atom is 0.109 e. The van der Waals surface area contributed by atoms with Crippen molar-refractivity contribution in [1.82, 2.24) is 9.13 Å². The molecule has 2 heterocycles. The van der Waals surface area contributed by atoms with E-state index in [0.29, 0.717) is 0 Å². The summed E-state index contributed by atoms with van der Waals surface area (Å²) in [7, 11) is -0.671. The van der Waals surface area contributed by atoms with Gasteiger partial charge in [-0.1, -0.05) is 53.1 Å². The van der Waals surface area contributed by atoms with Gasteiger partial charge in [-0.25, -0.2) is 0 Å². The minimum Gasteiger partial charge on any atom is -0.324 e. The summed E-state index contributed by atoms with van der Waals surface area (Å²) >= 11 is 0. The number of hydrogen-bond donors (Lipinski definition) is 0. The second-order valence-electron chi connectivity index (χ2n) is 7.93. The second-order valence-corrected chi connectivity index (χ2v) is 12.7. The Labute approximate surface area is 137 Å². The van der Waals surface area contributed by atoms with Gasteiger partial charge in [0.1, 0.15) is 8.96 Å². The van der Waals surface area contributed by atoms with Gasteiger partial charge in [0.05, 0.1) is 9.68 Å². The molecule has 124 valence electrons. The lowest BCUT2D eigenvalue weighted by molar-refractivity contribution is 0.199. The number of hydrogen-bond acceptors (Lipinski definition) is 2. The Kier molecular flexibility index (Phi) is 6.98. The summed E-state index contributed by atoms with van der Waals surface area (Å²) in [5.74, 6) is 0. The zero-order valence-electron chi connectivity index (χ0n) is 15.1. The molecule has 21 heavy (non-hydrogen) atoms. The molecule has 0 amide bonds. The van der Waals surface area contributed by atoms with Gasteiger partial charge in [-0.15, -0.1) is 0 Å². The topological polar surface area (TPSA) is 6.48 Å². The third-order valence-electron chi connectivity index (χ3n) is 6.18. The summed E-state index contributed by atoms with van der Waals surface area (Å²) < 4.78 is 5.88. The van der Waals surface area contributed by atoms with Crippen LogP contribution in [0.5, 0.6) is 0 Å². The predicted octanol–water partition coefficient (Wildman–Crippen LogP) is 3.37. The number of nitrogens with zero attached hydrogens (tertiary/aromatic N) is 2. The lowest BCUT2D eigenvalue weighted by Gasteiger charge is -2.43. The quantitative estimate of drug-likeness (QED) is 0.715. The van der Waals surface area contributed by atoms with E-state index in [1.807, 2.05) is 0 Å². The molecule has 2 rings (SSSR count). The summed E-state index contributed by atoms with van der Waals surface area (Å²) in [6.07, 6.45) is 8.70. The average molecular weight is 327 g/mol. The van der Waals surface area contributed by atoms with Crippen LogP contribution in [0.3, 0.4) is 0 Å². The Balaban J connectivity index is 1.76. The molecular formula is C17H38N2Si2. The normalized spacial score (nSPS) is 38.1. The van der Waals surface area contributed by atoms with Gasteiger partial charge < -0.3 is 9.13 Å². The maximum absolute atomic E-state index is 2.96. The summed E-state index contributed by atoms with van der Waals surface area (Å²) in [5.41, 5.74) is 0. The smallest absolute Gasteiger partial charge is 0.109 e. The van der Waals surface area contributed by atoms with Gasteiger partial charge in [-0.3, -0.25) is 0 Å². The van der Waals surface area contributed by atoms with Crippen LogP contribution in [-0.4, -0.2) is 51.9 Å². The van der Waals surface area contributed by atoms with Crippen molar-refractivity contribution >= 4 is 18.6 Å². The summed E-state index contributed by atoms with van der Waals surface area (Å²) in [6.45, 7) is 12.5. The van der Waals surface area contributed by atoms with Crippen LogP contribution in [0, 0.1) is 0 Å². The molecule has 0 aliphatic carbocycles. The SMILES string of the molecule is CC1CCCC(C)N1[SiH2]CC[SiH](C)N1C(C)CCCC1C. The fourth-order valence-corrected chi connectivity index (χ4v) is 12.0. The second kappa shape index (κ2) is 8.27. The molecule has 2 aliphatic rings. The Morgan fingerprint density at radius 2 is 1.33 bits per heavy atom. The molecule has 4 heteroatoms. The molecule has 0 aromatic carbocycles. The van der Waals surface area contributed by atoms with Crippen molar-refractivity contribution < 1.29 is 0 Å².